The monoisotopic (exact) mass is 1270 g/mol. The van der Waals surface area contributed by atoms with Gasteiger partial charge in [-0.05, 0) is 154 Å². The maximum absolute atomic E-state index is 7.67. The van der Waals surface area contributed by atoms with Crippen LogP contribution >= 0.6 is 0 Å². The molecule has 0 radical (unpaired) electrons. The van der Waals surface area contributed by atoms with Crippen molar-refractivity contribution in [2.24, 2.45) is 130 Å². The molecular weight excluding hydrogens is 1140 g/mol. The molecule has 16 fully saturated rings. The molecule has 5 saturated heterocycles. The summed E-state index contributed by atoms with van der Waals surface area (Å²) < 4.78 is 58.7. The van der Waals surface area contributed by atoms with Gasteiger partial charge in [0, 0.05) is 103 Å². The van der Waals surface area contributed by atoms with Gasteiger partial charge in [-0.3, -0.25) is 42.1 Å². The number of fused-ring (bicyclic) bond motifs is 27. The van der Waals surface area contributed by atoms with Gasteiger partial charge in [-0.25, -0.2) is 0 Å². The Balaban J connectivity index is 0.857. The zero-order valence-electron chi connectivity index (χ0n) is 58.0. The first kappa shape index (κ1) is 65.0. The molecule has 11 aliphatic carbocycles. The van der Waals surface area contributed by atoms with Gasteiger partial charge >= 0.3 is 0 Å². The molecule has 91 heavy (non-hydrogen) atoms. The highest BCUT2D eigenvalue weighted by atomic mass is 16.5. The summed E-state index contributed by atoms with van der Waals surface area (Å²) in [7, 11) is 14.9. The Hall–Kier alpha value is -0.640. The Morgan fingerprint density at radius 2 is 0.516 bits per heavy atom. The highest BCUT2D eigenvalue weighted by molar-refractivity contribution is 5.20. The second-order valence-electron chi connectivity index (χ2n) is 34.2. The van der Waals surface area contributed by atoms with Crippen molar-refractivity contribution in [1.82, 2.24) is 42.1 Å². The number of nitrogens with one attached hydrogen (secondary N) is 7. The van der Waals surface area contributed by atoms with Gasteiger partial charge in [0.05, 0.1) is 98.2 Å². The fraction of sp³-hybridized carbons (Fsp3) is 1.00. The van der Waals surface area contributed by atoms with Gasteiger partial charge < -0.3 is 37.9 Å². The fourth-order valence-corrected chi connectivity index (χ4v) is 27.7. The van der Waals surface area contributed by atoms with Crippen molar-refractivity contribution in [2.45, 2.75) is 279 Å². The van der Waals surface area contributed by atoms with E-state index >= 15 is 0 Å². The van der Waals surface area contributed by atoms with Crippen molar-refractivity contribution in [3.63, 3.8) is 0 Å². The zero-order chi connectivity index (χ0) is 61.9. The first-order chi connectivity index (χ1) is 44.7. The number of unbranched alkanes of at least 4 members (excludes halogenated alkanes) is 2. The van der Waals surface area contributed by atoms with Crippen LogP contribution < -0.4 is 37.2 Å². The lowest BCUT2D eigenvalue weighted by molar-refractivity contribution is -0.180. The average Bonchev–Trinajstić information content (AvgIpc) is 1.60. The molecule has 16 heteroatoms. The SMILES string of the molecule is CCCCOC1C2CCCCC2C(OCCCC)C2C1C1NC3NC(NC4NC(NC5NC(NC2N1C)C1C(OC)C2CC6CCCCC6CC2C(OC)C51)C1C(OC)C2CC5CCCCC5CC2C(OC)C41)C1C(OC)C2CC4CCCCC4CC2C(OC)C31. The smallest absolute Gasteiger partial charge is 0.0678 e. The molecule has 0 aromatic carbocycles. The van der Waals surface area contributed by atoms with Crippen LogP contribution in [0, 0.1) is 130 Å². The minimum absolute atomic E-state index is 0.0123. The molecule has 38 atom stereocenters. The van der Waals surface area contributed by atoms with Crippen molar-refractivity contribution in [3.05, 3.63) is 0 Å². The zero-order valence-corrected chi connectivity index (χ0v) is 58.0. The molecule has 7 N–H and O–H groups in total. The molecule has 11 saturated carbocycles. The van der Waals surface area contributed by atoms with Gasteiger partial charge in [0.15, 0.2) is 0 Å². The largest absolute Gasteiger partial charge is 0.381 e. The van der Waals surface area contributed by atoms with Crippen LogP contribution in [0.4, 0.5) is 0 Å². The first-order valence-corrected chi connectivity index (χ1v) is 39.2. The number of hydrogen-bond donors (Lipinski definition) is 7. The van der Waals surface area contributed by atoms with E-state index in [0.717, 1.165) is 74.4 Å². The third-order valence-corrected chi connectivity index (χ3v) is 31.0. The van der Waals surface area contributed by atoms with Crippen LogP contribution in [0.15, 0.2) is 0 Å². The van der Waals surface area contributed by atoms with Crippen molar-refractivity contribution in [3.8, 4) is 0 Å². The van der Waals surface area contributed by atoms with E-state index in [4.69, 9.17) is 48.5 Å². The van der Waals surface area contributed by atoms with Crippen molar-refractivity contribution < 1.29 is 37.9 Å². The number of rotatable bonds is 14. The highest BCUT2D eigenvalue weighted by Crippen LogP contribution is 2.62. The molecule has 16 nitrogen and oxygen atoms in total. The van der Waals surface area contributed by atoms with Gasteiger partial charge in [-0.15, -0.1) is 0 Å². The molecule has 8 bridgehead atoms. The molecule has 0 aromatic rings. The Morgan fingerprint density at radius 1 is 0.286 bits per heavy atom. The lowest BCUT2D eigenvalue weighted by Gasteiger charge is -2.57. The van der Waals surface area contributed by atoms with E-state index in [1.807, 2.05) is 0 Å². The van der Waals surface area contributed by atoms with E-state index in [-0.39, 0.29) is 146 Å². The van der Waals surface area contributed by atoms with E-state index in [0.29, 0.717) is 47.3 Å². The number of ether oxygens (including phenoxy) is 8. The molecule has 5 heterocycles. The van der Waals surface area contributed by atoms with Gasteiger partial charge in [0.2, 0.25) is 0 Å². The molecule has 0 aromatic heterocycles. The lowest BCUT2D eigenvalue weighted by Crippen LogP contribution is -2.64. The number of nitrogens with zero attached hydrogens (tertiary/aromatic N) is 1. The molecular formula is C75H128N8O8. The van der Waals surface area contributed by atoms with Crippen LogP contribution in [0.1, 0.15) is 181 Å². The molecule has 16 rings (SSSR count). The van der Waals surface area contributed by atoms with E-state index in [2.05, 4.69) is 95.0 Å². The van der Waals surface area contributed by atoms with Crippen LogP contribution in [-0.4, -0.2) is 166 Å². The summed E-state index contributed by atoms with van der Waals surface area (Å²) in [6.07, 6.45) is 33.5. The molecule has 0 spiro atoms. The number of hydrogen-bond acceptors (Lipinski definition) is 16. The first-order valence-electron chi connectivity index (χ1n) is 39.2. The minimum atomic E-state index is -0.0690. The standard InChI is InChI=1S/C75H128N8O8/c1-10-12-30-90-66-44-28-20-21-29-45(44)67(91-31-13-11-2)59-58(66)74-81-72-56-54(62(86-6)48-34-40-24-16-18-26-42(40)36-50(48)64(56)88-8)70(79-72)77-68-52-53(61(85-5)47-33-39-23-15-14-22-38(39)32-46(47)60(52)84-4)69(76-68)78-71-55-57(73(80-71)82-75(59)83(74)3)65(89-9)51-37-43-27-19-17-25-41(43)35-49(51)63(55)87-7/h38-82H,10-37H2,1-9H3. The van der Waals surface area contributed by atoms with Crippen molar-refractivity contribution >= 4 is 0 Å². The Bertz CT molecular complexity index is 2260. The molecule has 516 valence electrons. The Kier molecular flexibility index (Phi) is 19.6. The molecule has 5 aliphatic heterocycles. The molecule has 38 unspecified atom stereocenters. The summed E-state index contributed by atoms with van der Waals surface area (Å²) in [4.78, 5) is 2.80. The third-order valence-electron chi connectivity index (χ3n) is 31.0. The fourth-order valence-electron chi connectivity index (χ4n) is 27.7. The van der Waals surface area contributed by atoms with Crippen LogP contribution in [0.5, 0.6) is 0 Å². The van der Waals surface area contributed by atoms with Gasteiger partial charge in [0.1, 0.15) is 0 Å². The second kappa shape index (κ2) is 27.5. The van der Waals surface area contributed by atoms with Crippen LogP contribution in [0.25, 0.3) is 0 Å². The summed E-state index contributed by atoms with van der Waals surface area (Å²) in [6.45, 7) is 6.28. The summed E-state index contributed by atoms with van der Waals surface area (Å²) in [5.74, 6) is 9.43. The van der Waals surface area contributed by atoms with Crippen molar-refractivity contribution in [2.75, 3.05) is 62.9 Å². The Morgan fingerprint density at radius 3 is 0.747 bits per heavy atom. The van der Waals surface area contributed by atoms with Gasteiger partial charge in [0.25, 0.3) is 0 Å². The second-order valence-corrected chi connectivity index (χ2v) is 34.2. The average molecular weight is 1270 g/mol. The van der Waals surface area contributed by atoms with Crippen molar-refractivity contribution in [1.29, 1.82) is 0 Å². The Labute approximate surface area is 549 Å². The van der Waals surface area contributed by atoms with E-state index < -0.39 is 0 Å². The normalized spacial score (nSPS) is 55.5. The van der Waals surface area contributed by atoms with E-state index in [9.17, 15) is 0 Å². The van der Waals surface area contributed by atoms with E-state index in [1.54, 1.807) is 0 Å². The number of methoxy groups -OCH3 is 6. The third kappa shape index (κ3) is 11.0. The summed E-state index contributed by atoms with van der Waals surface area (Å²) in [6, 6.07) is 0. The summed E-state index contributed by atoms with van der Waals surface area (Å²) >= 11 is 0. The lowest BCUT2D eigenvalue weighted by atomic mass is 9.53. The van der Waals surface area contributed by atoms with Crippen LogP contribution in [-0.2, 0) is 37.9 Å². The predicted octanol–water partition coefficient (Wildman–Crippen LogP) is 9.47. The van der Waals surface area contributed by atoms with Gasteiger partial charge in [-0.2, -0.15) is 0 Å². The van der Waals surface area contributed by atoms with Crippen LogP contribution in [0.2, 0.25) is 0 Å². The molecule has 0 amide bonds. The predicted molar refractivity (Wildman–Crippen MR) is 352 cm³/mol. The van der Waals surface area contributed by atoms with E-state index in [1.165, 1.54) is 141 Å². The molecule has 16 aliphatic rings. The quantitative estimate of drug-likeness (QED) is 0.0824. The van der Waals surface area contributed by atoms with Gasteiger partial charge in [-0.1, -0.05) is 117 Å². The summed E-state index contributed by atoms with van der Waals surface area (Å²) in [5, 5.41) is 32.5. The maximum Gasteiger partial charge on any atom is 0.0678 e. The summed E-state index contributed by atoms with van der Waals surface area (Å²) in [5.41, 5.74) is 0. The topological polar surface area (TPSA) is 161 Å². The highest BCUT2D eigenvalue weighted by Gasteiger charge is 2.70. The van der Waals surface area contributed by atoms with Crippen LogP contribution in [0.3, 0.4) is 0 Å². The maximum atomic E-state index is 7.67. The minimum Gasteiger partial charge on any atom is -0.381 e.